The average molecular weight is 393 g/mol. The number of amides is 1. The van der Waals surface area contributed by atoms with Crippen molar-refractivity contribution in [3.63, 3.8) is 0 Å². The number of nitrogens with zero attached hydrogens (tertiary/aromatic N) is 1. The molecule has 1 heterocycles. The Labute approximate surface area is 175 Å². The van der Waals surface area contributed by atoms with Crippen LogP contribution in [0.15, 0.2) is 90.0 Å². The number of aromatic nitrogens is 1. The summed E-state index contributed by atoms with van der Waals surface area (Å²) in [6, 6.07) is 28.7. The molecule has 1 aromatic heterocycles. The zero-order chi connectivity index (χ0) is 20.6. The van der Waals surface area contributed by atoms with Crippen LogP contribution in [0, 0.1) is 12.8 Å². The van der Waals surface area contributed by atoms with Crippen molar-refractivity contribution >= 4 is 23.0 Å². The van der Waals surface area contributed by atoms with Gasteiger partial charge in [0.05, 0.1) is 12.1 Å². The van der Waals surface area contributed by atoms with Crippen LogP contribution in [0.25, 0.3) is 10.9 Å². The second-order valence-electron chi connectivity index (χ2n) is 7.90. The zero-order valence-corrected chi connectivity index (χ0v) is 16.8. The number of carbonyl (C=O) groups is 1. The number of fused-ring (bicyclic) bond motifs is 1. The Balaban J connectivity index is 1.39. The first-order valence-electron chi connectivity index (χ1n) is 10.2. The number of hydrogen-bond acceptors (Lipinski definition) is 2. The maximum absolute atomic E-state index is 13.0. The van der Waals surface area contributed by atoms with E-state index in [1.807, 2.05) is 61.5 Å². The number of rotatable bonds is 5. The monoisotopic (exact) mass is 393 g/mol. The second kappa shape index (κ2) is 7.30. The Bertz CT molecular complexity index is 1190. The molecule has 2 N–H and O–H groups in total. The van der Waals surface area contributed by atoms with Gasteiger partial charge in [-0.05, 0) is 30.5 Å². The summed E-state index contributed by atoms with van der Waals surface area (Å²) >= 11 is 0. The fourth-order valence-electron chi connectivity index (χ4n) is 4.56. The molecule has 5 rings (SSSR count). The lowest BCUT2D eigenvalue weighted by Crippen LogP contribution is -2.25. The van der Waals surface area contributed by atoms with Gasteiger partial charge in [0.1, 0.15) is 0 Å². The molecule has 1 fully saturated rings. The van der Waals surface area contributed by atoms with Crippen LogP contribution in [0.5, 0.6) is 0 Å². The molecule has 1 amide bonds. The predicted molar refractivity (Wildman–Crippen MR) is 121 cm³/mol. The normalized spacial score (nSPS) is 17.3. The highest BCUT2D eigenvalue weighted by Crippen LogP contribution is 2.58. The van der Waals surface area contributed by atoms with Crippen LogP contribution in [-0.4, -0.2) is 17.1 Å². The summed E-state index contributed by atoms with van der Waals surface area (Å²) in [5.41, 5.74) is 7.95. The zero-order valence-electron chi connectivity index (χ0n) is 16.8. The second-order valence-corrected chi connectivity index (χ2v) is 7.90. The Kier molecular flexibility index (Phi) is 4.47. The van der Waals surface area contributed by atoms with Crippen molar-refractivity contribution in [1.82, 2.24) is 10.4 Å². The molecule has 4 nitrogen and oxygen atoms in total. The molecular formula is C26H23N3O. The van der Waals surface area contributed by atoms with Gasteiger partial charge in [-0.1, -0.05) is 78.9 Å². The topological polar surface area (TPSA) is 57.2 Å². The number of aryl methyl sites for hydroxylation is 1. The molecule has 3 aromatic carbocycles. The minimum absolute atomic E-state index is 0.0450. The van der Waals surface area contributed by atoms with Gasteiger partial charge in [0.2, 0.25) is 5.91 Å². The standard InChI is InChI=1S/C26H23N3O/c1-18-22(21-14-8-9-15-24(21)28-18)17-27-29-25(30)23-16-26(23,19-10-4-2-5-11-19)20-12-6-3-7-13-20/h2-15,17,23,28H,16H2,1H3,(H,29,30)/b27-17-/t23-/m0/s1. The molecule has 0 aliphatic heterocycles. The summed E-state index contributed by atoms with van der Waals surface area (Å²) in [4.78, 5) is 16.4. The summed E-state index contributed by atoms with van der Waals surface area (Å²) < 4.78 is 0. The summed E-state index contributed by atoms with van der Waals surface area (Å²) in [5, 5.41) is 5.39. The Hall–Kier alpha value is -3.66. The van der Waals surface area contributed by atoms with Gasteiger partial charge in [-0.2, -0.15) is 5.10 Å². The molecule has 0 bridgehead atoms. The summed E-state index contributed by atoms with van der Waals surface area (Å²) in [5.74, 6) is -0.181. The van der Waals surface area contributed by atoms with Crippen LogP contribution < -0.4 is 5.43 Å². The lowest BCUT2D eigenvalue weighted by molar-refractivity contribution is -0.122. The Morgan fingerprint density at radius 3 is 2.23 bits per heavy atom. The van der Waals surface area contributed by atoms with E-state index in [1.165, 1.54) is 11.1 Å². The third-order valence-electron chi connectivity index (χ3n) is 6.17. The van der Waals surface area contributed by atoms with E-state index in [2.05, 4.69) is 45.8 Å². The van der Waals surface area contributed by atoms with E-state index < -0.39 is 0 Å². The van der Waals surface area contributed by atoms with Crippen LogP contribution >= 0.6 is 0 Å². The van der Waals surface area contributed by atoms with Crippen LogP contribution in [0.2, 0.25) is 0 Å². The smallest absolute Gasteiger partial charge is 0.244 e. The molecule has 4 aromatic rings. The lowest BCUT2D eigenvalue weighted by atomic mass is 9.85. The molecule has 1 aliphatic rings. The third-order valence-corrected chi connectivity index (χ3v) is 6.17. The molecule has 148 valence electrons. The van der Waals surface area contributed by atoms with Crippen molar-refractivity contribution in [3.8, 4) is 0 Å². The largest absolute Gasteiger partial charge is 0.358 e. The number of hydrogen-bond donors (Lipinski definition) is 2. The fraction of sp³-hybridized carbons (Fsp3) is 0.154. The van der Waals surface area contributed by atoms with Crippen LogP contribution in [0.3, 0.4) is 0 Å². The molecule has 0 unspecified atom stereocenters. The molecule has 1 aliphatic carbocycles. The van der Waals surface area contributed by atoms with E-state index in [4.69, 9.17) is 0 Å². The highest BCUT2D eigenvalue weighted by atomic mass is 16.2. The SMILES string of the molecule is Cc1[nH]c2ccccc2c1/C=N\NC(=O)[C@@H]1CC1(c1ccccc1)c1ccccc1. The van der Waals surface area contributed by atoms with E-state index in [-0.39, 0.29) is 17.2 Å². The van der Waals surface area contributed by atoms with Gasteiger partial charge >= 0.3 is 0 Å². The van der Waals surface area contributed by atoms with Gasteiger partial charge in [0.25, 0.3) is 0 Å². The number of aromatic amines is 1. The van der Waals surface area contributed by atoms with Crippen molar-refractivity contribution in [2.75, 3.05) is 0 Å². The molecule has 0 radical (unpaired) electrons. The van der Waals surface area contributed by atoms with Gasteiger partial charge in [-0.3, -0.25) is 4.79 Å². The summed E-state index contributed by atoms with van der Waals surface area (Å²) in [7, 11) is 0. The van der Waals surface area contributed by atoms with Gasteiger partial charge in [-0.25, -0.2) is 5.43 Å². The summed E-state index contributed by atoms with van der Waals surface area (Å²) in [6.07, 6.45) is 2.52. The number of para-hydroxylation sites is 1. The van der Waals surface area contributed by atoms with Gasteiger partial charge in [0, 0.05) is 27.6 Å². The lowest BCUT2D eigenvalue weighted by Gasteiger charge is -2.18. The van der Waals surface area contributed by atoms with Crippen molar-refractivity contribution < 1.29 is 4.79 Å². The Morgan fingerprint density at radius 1 is 0.967 bits per heavy atom. The number of carbonyl (C=O) groups excluding carboxylic acids is 1. The van der Waals surface area contributed by atoms with Crippen LogP contribution in [-0.2, 0) is 10.2 Å². The maximum Gasteiger partial charge on any atom is 0.244 e. The minimum atomic E-state index is -0.279. The molecule has 1 atom stereocenters. The first-order valence-corrected chi connectivity index (χ1v) is 10.2. The third kappa shape index (κ3) is 3.01. The molecular weight excluding hydrogens is 370 g/mol. The number of benzene rings is 3. The first kappa shape index (κ1) is 18.4. The highest BCUT2D eigenvalue weighted by Gasteiger charge is 2.60. The van der Waals surface area contributed by atoms with Crippen molar-refractivity contribution in [3.05, 3.63) is 107 Å². The molecule has 30 heavy (non-hydrogen) atoms. The van der Waals surface area contributed by atoms with Gasteiger partial charge < -0.3 is 4.98 Å². The van der Waals surface area contributed by atoms with E-state index in [0.717, 1.165) is 28.6 Å². The van der Waals surface area contributed by atoms with Crippen LogP contribution in [0.4, 0.5) is 0 Å². The predicted octanol–water partition coefficient (Wildman–Crippen LogP) is 4.93. The minimum Gasteiger partial charge on any atom is -0.358 e. The quantitative estimate of drug-likeness (QED) is 0.366. The maximum atomic E-state index is 13.0. The number of hydrazone groups is 1. The number of nitrogens with one attached hydrogen (secondary N) is 2. The van der Waals surface area contributed by atoms with Crippen molar-refractivity contribution in [1.29, 1.82) is 0 Å². The van der Waals surface area contributed by atoms with Gasteiger partial charge in [0.15, 0.2) is 0 Å². The summed E-state index contributed by atoms with van der Waals surface area (Å²) in [6.45, 7) is 2.01. The molecule has 4 heteroatoms. The molecule has 0 saturated heterocycles. The van der Waals surface area contributed by atoms with E-state index in [9.17, 15) is 4.79 Å². The van der Waals surface area contributed by atoms with Crippen molar-refractivity contribution in [2.45, 2.75) is 18.8 Å². The average Bonchev–Trinajstić information content (AvgIpc) is 3.48. The Morgan fingerprint density at radius 2 is 1.57 bits per heavy atom. The van der Waals surface area contributed by atoms with E-state index in [0.29, 0.717) is 0 Å². The van der Waals surface area contributed by atoms with E-state index >= 15 is 0 Å². The van der Waals surface area contributed by atoms with Crippen LogP contribution in [0.1, 0.15) is 28.8 Å². The fourth-order valence-corrected chi connectivity index (χ4v) is 4.56. The molecule has 0 spiro atoms. The number of H-pyrrole nitrogens is 1. The van der Waals surface area contributed by atoms with Crippen molar-refractivity contribution in [2.24, 2.45) is 11.0 Å². The highest BCUT2D eigenvalue weighted by molar-refractivity contribution is 6.01. The van der Waals surface area contributed by atoms with Gasteiger partial charge in [-0.15, -0.1) is 0 Å². The molecule has 1 saturated carbocycles. The first-order chi connectivity index (χ1) is 14.7. The van der Waals surface area contributed by atoms with E-state index in [1.54, 1.807) is 6.21 Å².